The van der Waals surface area contributed by atoms with Crippen LogP contribution in [0.25, 0.3) is 0 Å². The van der Waals surface area contributed by atoms with Crippen LogP contribution >= 0.6 is 34.8 Å². The van der Waals surface area contributed by atoms with Crippen molar-refractivity contribution in [1.82, 2.24) is 10.0 Å². The first-order chi connectivity index (χ1) is 13.5. The standard InChI is InChI=1S/C20H16Cl3N3O2/c21-12-4-2-11(3-5-12)17-16-18(25-9-1-8-24(17)25)20(28)26(19(16)27)13-6-7-14(22)15(23)10-13/h2-7,10,16-18H,1,8-9H2/t16-,17-,18+/m0/s1. The van der Waals surface area contributed by atoms with Crippen LogP contribution in [0.15, 0.2) is 42.5 Å². The fraction of sp³-hybridized carbons (Fsp3) is 0.300. The lowest BCUT2D eigenvalue weighted by Crippen LogP contribution is -2.44. The van der Waals surface area contributed by atoms with Gasteiger partial charge >= 0.3 is 0 Å². The van der Waals surface area contributed by atoms with E-state index in [1.54, 1.807) is 18.2 Å². The maximum atomic E-state index is 13.4. The lowest BCUT2D eigenvalue weighted by atomic mass is 9.90. The van der Waals surface area contributed by atoms with E-state index >= 15 is 0 Å². The Morgan fingerprint density at radius 3 is 2.14 bits per heavy atom. The summed E-state index contributed by atoms with van der Waals surface area (Å²) < 4.78 is 0. The largest absolute Gasteiger partial charge is 0.274 e. The molecule has 3 aliphatic heterocycles. The predicted octanol–water partition coefficient (Wildman–Crippen LogP) is 4.18. The van der Waals surface area contributed by atoms with E-state index in [0.717, 1.165) is 25.1 Å². The Balaban J connectivity index is 1.58. The number of imide groups is 1. The summed E-state index contributed by atoms with van der Waals surface area (Å²) in [6.45, 7) is 1.59. The van der Waals surface area contributed by atoms with E-state index < -0.39 is 12.0 Å². The van der Waals surface area contributed by atoms with Crippen LogP contribution in [0, 0.1) is 5.92 Å². The fourth-order valence-corrected chi connectivity index (χ4v) is 5.07. The van der Waals surface area contributed by atoms with Gasteiger partial charge in [-0.05, 0) is 42.3 Å². The molecule has 3 atom stereocenters. The second-order valence-corrected chi connectivity index (χ2v) is 8.51. The molecule has 0 N–H and O–H groups in total. The van der Waals surface area contributed by atoms with Crippen LogP contribution in [0.1, 0.15) is 18.0 Å². The van der Waals surface area contributed by atoms with Gasteiger partial charge in [0.05, 0.1) is 27.7 Å². The molecule has 3 saturated heterocycles. The van der Waals surface area contributed by atoms with E-state index in [1.807, 2.05) is 24.3 Å². The number of hydrogen-bond acceptors (Lipinski definition) is 4. The first-order valence-corrected chi connectivity index (χ1v) is 10.2. The average molecular weight is 437 g/mol. The molecule has 144 valence electrons. The number of fused-ring (bicyclic) bond motifs is 3. The van der Waals surface area contributed by atoms with E-state index in [-0.39, 0.29) is 17.9 Å². The maximum Gasteiger partial charge on any atom is 0.253 e. The second kappa shape index (κ2) is 6.71. The van der Waals surface area contributed by atoms with Gasteiger partial charge in [-0.15, -0.1) is 0 Å². The van der Waals surface area contributed by atoms with E-state index in [9.17, 15) is 9.59 Å². The number of rotatable bonds is 2. The van der Waals surface area contributed by atoms with Crippen molar-refractivity contribution in [2.24, 2.45) is 5.92 Å². The zero-order chi connectivity index (χ0) is 19.6. The number of amides is 2. The number of nitrogens with zero attached hydrogens (tertiary/aromatic N) is 3. The topological polar surface area (TPSA) is 43.9 Å². The Hall–Kier alpha value is -1.63. The van der Waals surface area contributed by atoms with Crippen LogP contribution < -0.4 is 4.90 Å². The molecule has 5 nitrogen and oxygen atoms in total. The van der Waals surface area contributed by atoms with Crippen molar-refractivity contribution in [3.05, 3.63) is 63.1 Å². The molecule has 0 saturated carbocycles. The van der Waals surface area contributed by atoms with Crippen molar-refractivity contribution in [2.45, 2.75) is 18.5 Å². The first-order valence-electron chi connectivity index (χ1n) is 9.09. The van der Waals surface area contributed by atoms with Crippen molar-refractivity contribution < 1.29 is 9.59 Å². The quantitative estimate of drug-likeness (QED) is 0.663. The number of hydrogen-bond donors (Lipinski definition) is 0. The van der Waals surface area contributed by atoms with Gasteiger partial charge < -0.3 is 0 Å². The molecule has 3 heterocycles. The average Bonchev–Trinajstić information content (AvgIpc) is 3.31. The van der Waals surface area contributed by atoms with Crippen LogP contribution in [-0.2, 0) is 9.59 Å². The normalized spacial score (nSPS) is 27.5. The van der Waals surface area contributed by atoms with Gasteiger partial charge in [0.25, 0.3) is 5.91 Å². The number of carbonyl (C=O) groups is 2. The number of anilines is 1. The van der Waals surface area contributed by atoms with Crippen molar-refractivity contribution in [2.75, 3.05) is 18.0 Å². The summed E-state index contributed by atoms with van der Waals surface area (Å²) >= 11 is 18.2. The summed E-state index contributed by atoms with van der Waals surface area (Å²) in [6, 6.07) is 11.7. The first kappa shape index (κ1) is 18.4. The zero-order valence-electron chi connectivity index (χ0n) is 14.7. The van der Waals surface area contributed by atoms with E-state index in [4.69, 9.17) is 34.8 Å². The molecule has 0 bridgehead atoms. The highest BCUT2D eigenvalue weighted by Gasteiger charge is 2.62. The van der Waals surface area contributed by atoms with Gasteiger partial charge in [-0.25, -0.2) is 14.9 Å². The van der Waals surface area contributed by atoms with Crippen molar-refractivity contribution in [3.63, 3.8) is 0 Å². The minimum atomic E-state index is -0.495. The summed E-state index contributed by atoms with van der Waals surface area (Å²) in [5.41, 5.74) is 1.44. The number of carbonyl (C=O) groups excluding carboxylic acids is 2. The molecular formula is C20H16Cl3N3O2. The molecule has 2 amide bonds. The molecule has 3 fully saturated rings. The van der Waals surface area contributed by atoms with Crippen LogP contribution in [-0.4, -0.2) is 41.0 Å². The van der Waals surface area contributed by atoms with Gasteiger partial charge in [-0.2, -0.15) is 0 Å². The Bertz CT molecular complexity index is 981. The van der Waals surface area contributed by atoms with Crippen molar-refractivity contribution in [3.8, 4) is 0 Å². The smallest absolute Gasteiger partial charge is 0.253 e. The van der Waals surface area contributed by atoms with Crippen LogP contribution in [0.4, 0.5) is 5.69 Å². The Labute approximate surface area is 177 Å². The van der Waals surface area contributed by atoms with Gasteiger partial charge in [-0.3, -0.25) is 9.59 Å². The molecule has 2 aromatic rings. The van der Waals surface area contributed by atoms with E-state index in [0.29, 0.717) is 20.8 Å². The fourth-order valence-electron chi connectivity index (χ4n) is 4.65. The van der Waals surface area contributed by atoms with Crippen molar-refractivity contribution >= 4 is 52.3 Å². The summed E-state index contributed by atoms with van der Waals surface area (Å²) in [6.07, 6.45) is 0.960. The minimum Gasteiger partial charge on any atom is -0.274 e. The number of hydrazine groups is 1. The van der Waals surface area contributed by atoms with Gasteiger partial charge in [0, 0.05) is 18.1 Å². The predicted molar refractivity (Wildman–Crippen MR) is 108 cm³/mol. The molecule has 2 aromatic carbocycles. The molecule has 28 heavy (non-hydrogen) atoms. The monoisotopic (exact) mass is 435 g/mol. The molecule has 5 rings (SSSR count). The van der Waals surface area contributed by atoms with Gasteiger partial charge in [0.15, 0.2) is 0 Å². The molecule has 0 radical (unpaired) electrons. The highest BCUT2D eigenvalue weighted by atomic mass is 35.5. The van der Waals surface area contributed by atoms with Gasteiger partial charge in [0.1, 0.15) is 6.04 Å². The molecule has 0 aromatic heterocycles. The molecule has 8 heteroatoms. The van der Waals surface area contributed by atoms with Crippen LogP contribution in [0.2, 0.25) is 15.1 Å². The lowest BCUT2D eigenvalue weighted by molar-refractivity contribution is -0.126. The maximum absolute atomic E-state index is 13.4. The van der Waals surface area contributed by atoms with Gasteiger partial charge in [0.2, 0.25) is 5.91 Å². The third-order valence-electron chi connectivity index (χ3n) is 5.78. The van der Waals surface area contributed by atoms with Crippen LogP contribution in [0.3, 0.4) is 0 Å². The Kier molecular flexibility index (Phi) is 4.41. The lowest BCUT2D eigenvalue weighted by Gasteiger charge is -2.29. The third-order valence-corrected chi connectivity index (χ3v) is 6.77. The molecular weight excluding hydrogens is 421 g/mol. The molecule has 3 aliphatic rings. The highest BCUT2D eigenvalue weighted by Crippen LogP contribution is 2.49. The van der Waals surface area contributed by atoms with E-state index in [1.165, 1.54) is 4.90 Å². The summed E-state index contributed by atoms with van der Waals surface area (Å²) in [4.78, 5) is 28.0. The summed E-state index contributed by atoms with van der Waals surface area (Å²) in [5, 5.41) is 5.56. The van der Waals surface area contributed by atoms with E-state index in [2.05, 4.69) is 10.0 Å². The van der Waals surface area contributed by atoms with Crippen LogP contribution in [0.5, 0.6) is 0 Å². The molecule has 0 aliphatic carbocycles. The summed E-state index contributed by atoms with van der Waals surface area (Å²) in [7, 11) is 0. The molecule has 0 spiro atoms. The highest BCUT2D eigenvalue weighted by molar-refractivity contribution is 6.42. The summed E-state index contributed by atoms with van der Waals surface area (Å²) in [5.74, 6) is -0.886. The van der Waals surface area contributed by atoms with Crippen molar-refractivity contribution in [1.29, 1.82) is 0 Å². The SMILES string of the molecule is O=C1[C@@H]2[C@H](C(=O)N1c1ccc(Cl)c(Cl)c1)N1CCCN1[C@H]2c1ccc(Cl)cc1. The number of benzene rings is 2. The molecule has 0 unspecified atom stereocenters. The third kappa shape index (κ3) is 2.61. The Morgan fingerprint density at radius 2 is 1.46 bits per heavy atom. The minimum absolute atomic E-state index is 0.186. The number of halogens is 3. The zero-order valence-corrected chi connectivity index (χ0v) is 17.0. The second-order valence-electron chi connectivity index (χ2n) is 7.26. The van der Waals surface area contributed by atoms with Gasteiger partial charge in [-0.1, -0.05) is 46.9 Å². The Morgan fingerprint density at radius 1 is 0.786 bits per heavy atom.